The lowest BCUT2D eigenvalue weighted by Crippen LogP contribution is -2.07. The summed E-state index contributed by atoms with van der Waals surface area (Å²) < 4.78 is 56.0. The predicted molar refractivity (Wildman–Crippen MR) is 90.1 cm³/mol. The smallest absolute Gasteiger partial charge is 0.305 e. The first kappa shape index (κ1) is 17.3. The van der Waals surface area contributed by atoms with Crippen molar-refractivity contribution in [3.05, 3.63) is 60.4 Å². The number of aromatic nitrogens is 1. The van der Waals surface area contributed by atoms with Crippen LogP contribution in [0.1, 0.15) is 12.7 Å². The Bertz CT molecular complexity index is 989. The first-order valence-corrected chi connectivity index (χ1v) is 9.31. The Hall–Kier alpha value is -2.54. The third-order valence-corrected chi connectivity index (χ3v) is 4.84. The van der Waals surface area contributed by atoms with E-state index in [1.54, 1.807) is 30.3 Å². The van der Waals surface area contributed by atoms with Gasteiger partial charge in [0.1, 0.15) is 5.69 Å². The fourth-order valence-electron chi connectivity index (χ4n) is 2.52. The molecule has 0 spiro atoms. The summed E-state index contributed by atoms with van der Waals surface area (Å²) in [6.45, 7) is 0.747. The molecule has 0 saturated heterocycles. The highest BCUT2D eigenvalue weighted by Gasteiger charge is 2.35. The Labute approximate surface area is 144 Å². The molecule has 0 fully saturated rings. The van der Waals surface area contributed by atoms with Crippen molar-refractivity contribution in [1.29, 1.82) is 0 Å². The molecule has 0 aliphatic carbocycles. The summed E-state index contributed by atoms with van der Waals surface area (Å²) in [5.41, 5.74) is 1.47. The molecule has 0 aliphatic rings. The van der Waals surface area contributed by atoms with Crippen molar-refractivity contribution in [3.63, 3.8) is 0 Å². The summed E-state index contributed by atoms with van der Waals surface area (Å²) in [5, 5.41) is 3.82. The van der Waals surface area contributed by atoms with Gasteiger partial charge in [0.05, 0.1) is 10.5 Å². The van der Waals surface area contributed by atoms with Gasteiger partial charge < -0.3 is 4.52 Å². The average molecular weight is 362 g/mol. The summed E-state index contributed by atoms with van der Waals surface area (Å²) in [4.78, 5) is 0.141. The lowest BCUT2D eigenvalue weighted by atomic mass is 9.97. The number of alkyl halides is 2. The highest BCUT2D eigenvalue weighted by molar-refractivity contribution is 7.90. The lowest BCUT2D eigenvalue weighted by Gasteiger charge is -2.10. The van der Waals surface area contributed by atoms with Crippen LogP contribution in [-0.2, 0) is 15.8 Å². The normalized spacial score (nSPS) is 14.2. The van der Waals surface area contributed by atoms with Crippen molar-refractivity contribution in [2.24, 2.45) is 0 Å². The summed E-state index contributed by atoms with van der Waals surface area (Å²) in [6.07, 6.45) is 1.10. The largest absolute Gasteiger partial charge is 0.354 e. The number of hydrogen-bond donors (Lipinski definition) is 0. The van der Waals surface area contributed by atoms with E-state index in [0.717, 1.165) is 13.2 Å². The van der Waals surface area contributed by atoms with Crippen LogP contribution in [0.4, 0.5) is 8.78 Å². The minimum Gasteiger partial charge on any atom is -0.354 e. The number of hydrogen-bond acceptors (Lipinski definition) is 4. The average Bonchev–Trinajstić information content (AvgIpc) is 3.00. The summed E-state index contributed by atoms with van der Waals surface area (Å²) in [7, 11) is -3.35. The van der Waals surface area contributed by atoms with Gasteiger partial charge in [-0.05, 0) is 17.7 Å². The molecular weight excluding hydrogens is 347 g/mol. The van der Waals surface area contributed by atoms with Crippen LogP contribution in [0.2, 0.25) is 0 Å². The molecule has 3 rings (SSSR count). The van der Waals surface area contributed by atoms with Gasteiger partial charge in [-0.1, -0.05) is 47.6 Å². The van der Waals surface area contributed by atoms with E-state index in [4.69, 9.17) is 4.52 Å². The fourth-order valence-corrected chi connectivity index (χ4v) is 3.15. The van der Waals surface area contributed by atoms with Gasteiger partial charge in [-0.2, -0.15) is 8.78 Å². The van der Waals surface area contributed by atoms with Gasteiger partial charge in [-0.25, -0.2) is 8.42 Å². The number of benzene rings is 2. The maximum Gasteiger partial charge on any atom is 0.305 e. The van der Waals surface area contributed by atoms with Crippen LogP contribution in [0.25, 0.3) is 22.4 Å². The number of sulfone groups is 1. The van der Waals surface area contributed by atoms with Gasteiger partial charge in [0, 0.05) is 18.7 Å². The molecule has 25 heavy (non-hydrogen) atoms. The minimum atomic E-state index is -3.35. The van der Waals surface area contributed by atoms with Crippen LogP contribution in [0.5, 0.6) is 0 Å². The van der Waals surface area contributed by atoms with Crippen LogP contribution in [0.3, 0.4) is 0 Å². The van der Waals surface area contributed by atoms with Crippen molar-refractivity contribution >= 4 is 9.84 Å². The van der Waals surface area contributed by atoms with E-state index in [9.17, 15) is 17.2 Å². The molecule has 0 aliphatic heterocycles. The summed E-state index contributed by atoms with van der Waals surface area (Å²) >= 11 is 0. The van der Waals surface area contributed by atoms with Crippen LogP contribution >= 0.6 is 0 Å². The van der Waals surface area contributed by atoms with Crippen molar-refractivity contribution in [2.45, 2.75) is 17.7 Å². The minimum absolute atomic E-state index is 0.141. The number of nitrogens with zero attached hydrogens (tertiary/aromatic N) is 1. The standard InChI is InChI=1S/C18H15F2NO3S/c1-18(19,20)17-15(12-6-4-3-5-7-12)16(21-24-17)13-8-10-14(11-9-13)25(2,22)23/h3-11H,1-2H3/i19-1. The van der Waals surface area contributed by atoms with E-state index in [1.807, 2.05) is 0 Å². The first-order chi connectivity index (χ1) is 11.7. The van der Waals surface area contributed by atoms with Gasteiger partial charge in [-0.3, -0.25) is 0 Å². The molecule has 2 aromatic carbocycles. The van der Waals surface area contributed by atoms with Crippen LogP contribution in [0, 0.1) is 0 Å². The van der Waals surface area contributed by atoms with Crippen LogP contribution < -0.4 is 0 Å². The van der Waals surface area contributed by atoms with Gasteiger partial charge >= 0.3 is 5.92 Å². The highest BCUT2D eigenvalue weighted by atomic mass is 32.2. The molecule has 4 nitrogen and oxygen atoms in total. The second-order valence-corrected chi connectivity index (χ2v) is 7.80. The molecule has 3 aromatic rings. The summed E-state index contributed by atoms with van der Waals surface area (Å²) in [6, 6.07) is 14.5. The van der Waals surface area contributed by atoms with Crippen molar-refractivity contribution < 1.29 is 21.7 Å². The molecular formula is C18H15F2NO3S. The Balaban J connectivity index is 2.19. The van der Waals surface area contributed by atoms with Crippen molar-refractivity contribution in [3.8, 4) is 22.4 Å². The molecule has 1 atom stereocenters. The zero-order valence-electron chi connectivity index (χ0n) is 13.5. The van der Waals surface area contributed by atoms with E-state index in [2.05, 4.69) is 5.16 Å². The van der Waals surface area contributed by atoms with E-state index < -0.39 is 21.5 Å². The van der Waals surface area contributed by atoms with E-state index >= 15 is 0 Å². The monoisotopic (exact) mass is 362 g/mol. The third-order valence-electron chi connectivity index (χ3n) is 3.71. The lowest BCUT2D eigenvalue weighted by molar-refractivity contribution is -0.00975. The second-order valence-electron chi connectivity index (χ2n) is 5.79. The maximum atomic E-state index is 13.9. The number of halogens is 2. The second kappa shape index (κ2) is 6.07. The van der Waals surface area contributed by atoms with E-state index in [-0.39, 0.29) is 16.2 Å². The van der Waals surface area contributed by atoms with Gasteiger partial charge in [-0.15, -0.1) is 0 Å². The maximum absolute atomic E-state index is 13.9. The zero-order chi connectivity index (χ0) is 18.2. The SMILES string of the molecule is CC(F)([18F])c1onc(-c2ccc(S(C)(=O)=O)cc2)c1-c1ccccc1. The molecule has 0 amide bonds. The molecule has 1 heterocycles. The Kier molecular flexibility index (Phi) is 4.20. The number of rotatable bonds is 4. The Morgan fingerprint density at radius 2 is 1.56 bits per heavy atom. The molecule has 1 unspecified atom stereocenters. The zero-order valence-corrected chi connectivity index (χ0v) is 14.3. The topological polar surface area (TPSA) is 60.2 Å². The van der Waals surface area contributed by atoms with Crippen LogP contribution in [-0.4, -0.2) is 19.8 Å². The van der Waals surface area contributed by atoms with Crippen molar-refractivity contribution in [2.75, 3.05) is 6.26 Å². The van der Waals surface area contributed by atoms with Gasteiger partial charge in [0.25, 0.3) is 0 Å². The molecule has 130 valence electrons. The van der Waals surface area contributed by atoms with Gasteiger partial charge in [0.15, 0.2) is 9.84 Å². The molecule has 1 aromatic heterocycles. The Morgan fingerprint density at radius 3 is 2.08 bits per heavy atom. The third kappa shape index (κ3) is 3.46. The molecule has 0 radical (unpaired) electrons. The predicted octanol–water partition coefficient (Wildman–Crippen LogP) is 4.52. The molecule has 0 N–H and O–H groups in total. The Morgan fingerprint density at radius 1 is 0.960 bits per heavy atom. The quantitative estimate of drug-likeness (QED) is 0.684. The van der Waals surface area contributed by atoms with Crippen LogP contribution in [0.15, 0.2) is 64.0 Å². The van der Waals surface area contributed by atoms with Gasteiger partial charge in [0.2, 0.25) is 5.76 Å². The van der Waals surface area contributed by atoms with Crippen molar-refractivity contribution in [1.82, 2.24) is 5.16 Å². The molecule has 0 saturated carbocycles. The first-order valence-electron chi connectivity index (χ1n) is 7.42. The van der Waals surface area contributed by atoms with E-state index in [1.165, 1.54) is 24.3 Å². The molecule has 7 heteroatoms. The fraction of sp³-hybridized carbons (Fsp3) is 0.167. The van der Waals surface area contributed by atoms with E-state index in [0.29, 0.717) is 11.1 Å². The highest BCUT2D eigenvalue weighted by Crippen LogP contribution is 2.41. The summed E-state index contributed by atoms with van der Waals surface area (Å²) in [5.74, 6) is -3.73. The molecule has 0 bridgehead atoms.